The zero-order chi connectivity index (χ0) is 3.54. The normalized spacial score (nSPS) is 5.71. The first-order chi connectivity index (χ1) is 2.50. The molecule has 0 fully saturated rings. The van der Waals surface area contributed by atoms with Crippen molar-refractivity contribution in [3.63, 3.8) is 0 Å². The van der Waals surface area contributed by atoms with Crippen LogP contribution in [0, 0.1) is 0 Å². The molecule has 0 spiro atoms. The van der Waals surface area contributed by atoms with E-state index in [0.717, 1.165) is 0 Å². The van der Waals surface area contributed by atoms with E-state index in [9.17, 15) is 0 Å². The maximum Gasteiger partial charge on any atom is 0 e. The number of rotatable bonds is 0. The molecule has 1 rings (SSSR count). The van der Waals surface area contributed by atoms with Crippen LogP contribution >= 0.6 is 0 Å². The van der Waals surface area contributed by atoms with Crippen LogP contribution in [-0.2, 0) is 36.8 Å². The van der Waals surface area contributed by atoms with Gasteiger partial charge in [0.15, 0.2) is 0 Å². The Kier molecular flexibility index (Phi) is 9.74. The number of hydrogen-bond donors (Lipinski definition) is 0. The zero-order valence-corrected chi connectivity index (χ0v) is 6.66. The molecule has 0 amide bonds. The summed E-state index contributed by atoms with van der Waals surface area (Å²) in [6, 6.07) is 10.0. The molecule has 2 heteroatoms. The van der Waals surface area contributed by atoms with Gasteiger partial charge in [0, 0.05) is 36.8 Å². The first-order valence-corrected chi connectivity index (χ1v) is 1.67. The second-order valence-corrected chi connectivity index (χ2v) is 0.962. The minimum atomic E-state index is 0. The predicted molar refractivity (Wildman–Crippen MR) is 22.0 cm³/mol. The summed E-state index contributed by atoms with van der Waals surface area (Å²) in [6.07, 6.45) is 0. The molecule has 1 aromatic rings. The van der Waals surface area contributed by atoms with Crippen molar-refractivity contribution in [2.75, 3.05) is 0 Å². The van der Waals surface area contributed by atoms with Gasteiger partial charge in [-0.15, -0.1) is 0 Å². The molecular formula is C5H5CrRu-. The van der Waals surface area contributed by atoms with E-state index in [4.69, 9.17) is 0 Å². The summed E-state index contributed by atoms with van der Waals surface area (Å²) < 4.78 is 0. The second-order valence-electron chi connectivity index (χ2n) is 0.962. The van der Waals surface area contributed by atoms with Gasteiger partial charge in [-0.05, 0) is 0 Å². The van der Waals surface area contributed by atoms with Gasteiger partial charge in [-0.2, -0.15) is 18.2 Å². The molecular weight excluding hydrogens is 213 g/mol. The summed E-state index contributed by atoms with van der Waals surface area (Å²) in [7, 11) is 0. The van der Waals surface area contributed by atoms with Crippen LogP contribution in [0.25, 0.3) is 0 Å². The largest absolute Gasteiger partial charge is 0.214 e. The second kappa shape index (κ2) is 6.51. The predicted octanol–water partition coefficient (Wildman–Crippen LogP) is 1.40. The Balaban J connectivity index is 0. The van der Waals surface area contributed by atoms with Gasteiger partial charge >= 0.3 is 0 Å². The third-order valence-electron chi connectivity index (χ3n) is 0.556. The Morgan fingerprint density at radius 1 is 1.00 bits per heavy atom. The molecule has 0 aliphatic carbocycles. The molecule has 0 radical (unpaired) electrons. The average Bonchev–Trinajstić information content (AvgIpc) is 1.76. The van der Waals surface area contributed by atoms with E-state index in [0.29, 0.717) is 0 Å². The third-order valence-corrected chi connectivity index (χ3v) is 0.556. The molecule has 7 heavy (non-hydrogen) atoms. The fourth-order valence-corrected chi connectivity index (χ4v) is 0.321. The molecule has 0 aromatic heterocycles. The van der Waals surface area contributed by atoms with Crippen molar-refractivity contribution < 1.29 is 36.8 Å². The molecule has 0 bridgehead atoms. The zero-order valence-electron chi connectivity index (χ0n) is 3.65. The summed E-state index contributed by atoms with van der Waals surface area (Å²) in [5.41, 5.74) is 0. The van der Waals surface area contributed by atoms with Crippen LogP contribution in [0.5, 0.6) is 0 Å². The van der Waals surface area contributed by atoms with Gasteiger partial charge in [-0.1, -0.05) is 0 Å². The summed E-state index contributed by atoms with van der Waals surface area (Å²) in [5.74, 6) is 0. The van der Waals surface area contributed by atoms with E-state index in [1.807, 2.05) is 30.3 Å². The first-order valence-electron chi connectivity index (χ1n) is 1.67. The van der Waals surface area contributed by atoms with Crippen molar-refractivity contribution in [2.45, 2.75) is 0 Å². The van der Waals surface area contributed by atoms with Crippen molar-refractivity contribution in [1.82, 2.24) is 0 Å². The monoisotopic (exact) mass is 219 g/mol. The van der Waals surface area contributed by atoms with Crippen molar-refractivity contribution in [3.05, 3.63) is 30.3 Å². The molecule has 0 saturated carbocycles. The average molecular weight is 218 g/mol. The molecule has 0 atom stereocenters. The Labute approximate surface area is 67.2 Å². The minimum Gasteiger partial charge on any atom is -0.214 e. The van der Waals surface area contributed by atoms with E-state index in [1.165, 1.54) is 0 Å². The Hall–Kier alpha value is 0.506. The molecule has 40 valence electrons. The van der Waals surface area contributed by atoms with Gasteiger partial charge < -0.3 is 0 Å². The van der Waals surface area contributed by atoms with Crippen LogP contribution in [-0.4, -0.2) is 0 Å². The molecule has 0 aliphatic heterocycles. The van der Waals surface area contributed by atoms with Crippen LogP contribution in [0.1, 0.15) is 0 Å². The van der Waals surface area contributed by atoms with Gasteiger partial charge in [0.25, 0.3) is 0 Å². The van der Waals surface area contributed by atoms with Gasteiger partial charge in [-0.25, -0.2) is 12.1 Å². The Morgan fingerprint density at radius 2 is 1.43 bits per heavy atom. The Morgan fingerprint density at radius 3 is 1.57 bits per heavy atom. The van der Waals surface area contributed by atoms with Crippen LogP contribution < -0.4 is 0 Å². The molecule has 0 N–H and O–H groups in total. The van der Waals surface area contributed by atoms with Gasteiger partial charge in [0.05, 0.1) is 0 Å². The van der Waals surface area contributed by atoms with E-state index in [2.05, 4.69) is 0 Å². The smallest absolute Gasteiger partial charge is 0 e. The van der Waals surface area contributed by atoms with Crippen molar-refractivity contribution in [3.8, 4) is 0 Å². The maximum absolute atomic E-state index is 2.00. The van der Waals surface area contributed by atoms with Crippen LogP contribution in [0.2, 0.25) is 0 Å². The Bertz CT molecular complexity index is 64.6. The number of hydrogen-bond acceptors (Lipinski definition) is 0. The van der Waals surface area contributed by atoms with E-state index in [-0.39, 0.29) is 36.8 Å². The van der Waals surface area contributed by atoms with E-state index in [1.54, 1.807) is 0 Å². The standard InChI is InChI=1S/C5H5.Cr.Ru/c1-2-4-5-3-1;;/h1-5H;;/q-1;;. The molecule has 1 aromatic carbocycles. The fourth-order valence-electron chi connectivity index (χ4n) is 0.321. The van der Waals surface area contributed by atoms with Crippen LogP contribution in [0.3, 0.4) is 0 Å². The van der Waals surface area contributed by atoms with Crippen LogP contribution in [0.15, 0.2) is 30.3 Å². The van der Waals surface area contributed by atoms with Gasteiger partial charge in [0.1, 0.15) is 0 Å². The topological polar surface area (TPSA) is 0 Å². The molecule has 0 nitrogen and oxygen atoms in total. The van der Waals surface area contributed by atoms with Crippen molar-refractivity contribution >= 4 is 0 Å². The van der Waals surface area contributed by atoms with E-state index >= 15 is 0 Å². The quantitative estimate of drug-likeness (QED) is 0.456. The minimum absolute atomic E-state index is 0. The SMILES string of the molecule is [Cr].[Ru].c1cc[cH-]c1. The van der Waals surface area contributed by atoms with Crippen molar-refractivity contribution in [1.29, 1.82) is 0 Å². The molecule has 0 heterocycles. The molecule has 0 aliphatic rings. The maximum atomic E-state index is 2.00. The summed E-state index contributed by atoms with van der Waals surface area (Å²) in [4.78, 5) is 0. The van der Waals surface area contributed by atoms with Gasteiger partial charge in [-0.3, -0.25) is 0 Å². The van der Waals surface area contributed by atoms with Gasteiger partial charge in [0.2, 0.25) is 0 Å². The summed E-state index contributed by atoms with van der Waals surface area (Å²) in [6.45, 7) is 0. The first kappa shape index (κ1) is 10.5. The molecule has 0 saturated heterocycles. The van der Waals surface area contributed by atoms with E-state index < -0.39 is 0 Å². The fraction of sp³-hybridized carbons (Fsp3) is 0. The van der Waals surface area contributed by atoms with Crippen LogP contribution in [0.4, 0.5) is 0 Å². The molecule has 0 unspecified atom stereocenters. The third kappa shape index (κ3) is 4.36. The summed E-state index contributed by atoms with van der Waals surface area (Å²) in [5, 5.41) is 0. The summed E-state index contributed by atoms with van der Waals surface area (Å²) >= 11 is 0. The van der Waals surface area contributed by atoms with Crippen molar-refractivity contribution in [2.24, 2.45) is 0 Å².